The Morgan fingerprint density at radius 1 is 0.609 bits per heavy atom. The van der Waals surface area contributed by atoms with Gasteiger partial charge in [-0.3, -0.25) is 4.79 Å². The molecular formula is C22H35O. The molecule has 1 radical (unpaired) electrons. The highest BCUT2D eigenvalue weighted by Gasteiger charge is 1.92. The van der Waals surface area contributed by atoms with E-state index in [9.17, 15) is 4.79 Å². The fourth-order valence-electron chi connectivity index (χ4n) is 2.45. The Bertz CT molecular complexity index is 347. The van der Waals surface area contributed by atoms with Gasteiger partial charge in [0.25, 0.3) is 0 Å². The third-order valence-electron chi connectivity index (χ3n) is 3.83. The van der Waals surface area contributed by atoms with Gasteiger partial charge in [0.2, 0.25) is 6.29 Å². The van der Waals surface area contributed by atoms with E-state index in [2.05, 4.69) is 19.1 Å². The fraction of sp³-hybridized carbons (Fsp3) is 0.591. The minimum absolute atomic E-state index is 1.17. The lowest BCUT2D eigenvalue weighted by molar-refractivity contribution is 0.550. The Morgan fingerprint density at radius 3 is 1.65 bits per heavy atom. The van der Waals surface area contributed by atoms with Crippen LogP contribution in [0.25, 0.3) is 0 Å². The molecule has 1 heteroatoms. The van der Waals surface area contributed by atoms with Crippen molar-refractivity contribution in [3.05, 3.63) is 48.6 Å². The molecule has 0 aliphatic carbocycles. The summed E-state index contributed by atoms with van der Waals surface area (Å²) in [6, 6.07) is 0. The molecule has 0 heterocycles. The molecule has 0 amide bonds. The Kier molecular flexibility index (Phi) is 19.4. The van der Waals surface area contributed by atoms with Gasteiger partial charge in [0.15, 0.2) is 0 Å². The maximum absolute atomic E-state index is 9.91. The molecular weight excluding hydrogens is 280 g/mol. The summed E-state index contributed by atoms with van der Waals surface area (Å²) in [5, 5.41) is 0. The molecule has 129 valence electrons. The van der Waals surface area contributed by atoms with E-state index in [1.165, 1.54) is 83.1 Å². The number of hydrogen-bond acceptors (Lipinski definition) is 1. The smallest absolute Gasteiger partial charge is 0.225 e. The number of unbranched alkanes of at least 4 members (excludes halogenated alkanes) is 11. The highest BCUT2D eigenvalue weighted by Crippen LogP contribution is 2.11. The number of allylic oxidation sites excluding steroid dienone is 8. The second-order valence-electron chi connectivity index (χ2n) is 6.00. The molecule has 0 spiro atoms. The van der Waals surface area contributed by atoms with Crippen molar-refractivity contribution in [1.82, 2.24) is 0 Å². The first kappa shape index (κ1) is 21.6. The van der Waals surface area contributed by atoms with E-state index in [-0.39, 0.29) is 0 Å². The molecule has 1 nitrogen and oxygen atoms in total. The van der Waals surface area contributed by atoms with Gasteiger partial charge in [-0.25, -0.2) is 0 Å². The molecule has 0 atom stereocenters. The molecule has 23 heavy (non-hydrogen) atoms. The van der Waals surface area contributed by atoms with Crippen molar-refractivity contribution in [2.45, 2.75) is 84.0 Å². The Balaban J connectivity index is 3.24. The third kappa shape index (κ3) is 20.6. The zero-order chi connectivity index (χ0) is 16.8. The minimum Gasteiger partial charge on any atom is -0.286 e. The molecule has 0 saturated heterocycles. The van der Waals surface area contributed by atoms with Crippen LogP contribution in [0.5, 0.6) is 0 Å². The van der Waals surface area contributed by atoms with Crippen molar-refractivity contribution in [2.24, 2.45) is 0 Å². The molecule has 0 fully saturated rings. The molecule has 0 aromatic carbocycles. The summed E-state index contributed by atoms with van der Waals surface area (Å²) in [5.41, 5.74) is 0. The molecule has 0 rings (SSSR count). The van der Waals surface area contributed by atoms with Gasteiger partial charge in [-0.05, 0) is 18.9 Å². The van der Waals surface area contributed by atoms with Crippen LogP contribution in [-0.2, 0) is 4.79 Å². The summed E-state index contributed by atoms with van der Waals surface area (Å²) < 4.78 is 0. The standard InChI is InChI=1S/C22H35O/c1-2-3-4-5-6-7-8-9-10-11-12-13-14-15-16-17-18-19-20-21-22-23/h14-21H,2-13H2,1H3/b15-14+,17-16+,19-18+,21-20+. The minimum atomic E-state index is 1.17. The monoisotopic (exact) mass is 315 g/mol. The van der Waals surface area contributed by atoms with Gasteiger partial charge in [0.1, 0.15) is 0 Å². The van der Waals surface area contributed by atoms with Crippen LogP contribution in [-0.4, -0.2) is 6.29 Å². The largest absolute Gasteiger partial charge is 0.286 e. The van der Waals surface area contributed by atoms with Crippen LogP contribution >= 0.6 is 0 Å². The predicted molar refractivity (Wildman–Crippen MR) is 103 cm³/mol. The summed E-state index contributed by atoms with van der Waals surface area (Å²) >= 11 is 0. The molecule has 0 aromatic rings. The van der Waals surface area contributed by atoms with E-state index in [4.69, 9.17) is 0 Å². The first-order chi connectivity index (χ1) is 11.4. The van der Waals surface area contributed by atoms with Gasteiger partial charge in [0.05, 0.1) is 0 Å². The van der Waals surface area contributed by atoms with Crippen molar-refractivity contribution in [3.63, 3.8) is 0 Å². The van der Waals surface area contributed by atoms with E-state index in [0.29, 0.717) is 0 Å². The summed E-state index contributed by atoms with van der Waals surface area (Å²) in [7, 11) is 0. The van der Waals surface area contributed by atoms with Gasteiger partial charge < -0.3 is 0 Å². The SMILES string of the molecule is CCCCCCCCCCCCC/C=C/C=C/C=C/C=C/[C]=O. The lowest BCUT2D eigenvalue weighted by Gasteiger charge is -2.01. The Morgan fingerprint density at radius 2 is 1.09 bits per heavy atom. The van der Waals surface area contributed by atoms with Crippen LogP contribution in [0.1, 0.15) is 84.0 Å². The third-order valence-corrected chi connectivity index (χ3v) is 3.83. The lowest BCUT2D eigenvalue weighted by atomic mass is 10.1. The van der Waals surface area contributed by atoms with Crippen LogP contribution in [0, 0.1) is 0 Å². The van der Waals surface area contributed by atoms with Crippen LogP contribution in [0.3, 0.4) is 0 Å². The van der Waals surface area contributed by atoms with Crippen molar-refractivity contribution in [3.8, 4) is 0 Å². The van der Waals surface area contributed by atoms with E-state index in [1.807, 2.05) is 24.3 Å². The first-order valence-electron chi connectivity index (χ1n) is 9.44. The van der Waals surface area contributed by atoms with Gasteiger partial charge in [-0.2, -0.15) is 0 Å². The molecule has 0 unspecified atom stereocenters. The second-order valence-corrected chi connectivity index (χ2v) is 6.00. The van der Waals surface area contributed by atoms with Gasteiger partial charge in [-0.15, -0.1) is 0 Å². The highest BCUT2D eigenvalue weighted by atomic mass is 16.1. The topological polar surface area (TPSA) is 17.1 Å². The van der Waals surface area contributed by atoms with Crippen molar-refractivity contribution >= 4 is 6.29 Å². The summed E-state index contributed by atoms with van der Waals surface area (Å²) in [5.74, 6) is 0. The number of rotatable bonds is 16. The molecule has 0 bridgehead atoms. The summed E-state index contributed by atoms with van der Waals surface area (Å²) in [4.78, 5) is 9.91. The normalized spacial score (nSPS) is 12.4. The van der Waals surface area contributed by atoms with Crippen LogP contribution in [0.2, 0.25) is 0 Å². The molecule has 0 N–H and O–H groups in total. The molecule has 0 aromatic heterocycles. The van der Waals surface area contributed by atoms with Crippen LogP contribution < -0.4 is 0 Å². The average molecular weight is 316 g/mol. The van der Waals surface area contributed by atoms with Crippen LogP contribution in [0.15, 0.2) is 48.6 Å². The zero-order valence-electron chi connectivity index (χ0n) is 15.0. The number of hydrogen-bond donors (Lipinski definition) is 0. The second kappa shape index (κ2) is 20.6. The van der Waals surface area contributed by atoms with Crippen molar-refractivity contribution in [1.29, 1.82) is 0 Å². The lowest BCUT2D eigenvalue weighted by Crippen LogP contribution is -1.81. The fourth-order valence-corrected chi connectivity index (χ4v) is 2.45. The van der Waals surface area contributed by atoms with Gasteiger partial charge in [-0.1, -0.05) is 114 Å². The summed E-state index contributed by atoms with van der Waals surface area (Å²) in [6.07, 6.45) is 33.3. The maximum Gasteiger partial charge on any atom is 0.225 e. The molecule has 0 aliphatic rings. The van der Waals surface area contributed by atoms with E-state index in [1.54, 1.807) is 12.4 Å². The van der Waals surface area contributed by atoms with Gasteiger partial charge in [0, 0.05) is 0 Å². The Hall–Kier alpha value is -1.37. The Labute approximate surface area is 144 Å². The maximum atomic E-state index is 9.91. The predicted octanol–water partition coefficient (Wildman–Crippen LogP) is 7.02. The molecule has 0 aliphatic heterocycles. The zero-order valence-corrected chi connectivity index (χ0v) is 15.0. The molecule has 0 saturated carbocycles. The quantitative estimate of drug-likeness (QED) is 0.170. The average Bonchev–Trinajstić information content (AvgIpc) is 2.57. The first-order valence-corrected chi connectivity index (χ1v) is 9.44. The highest BCUT2D eigenvalue weighted by molar-refractivity contribution is 5.66. The van der Waals surface area contributed by atoms with E-state index in [0.717, 1.165) is 0 Å². The van der Waals surface area contributed by atoms with E-state index < -0.39 is 0 Å². The van der Waals surface area contributed by atoms with Crippen molar-refractivity contribution < 1.29 is 4.79 Å². The van der Waals surface area contributed by atoms with E-state index >= 15 is 0 Å². The summed E-state index contributed by atoms with van der Waals surface area (Å²) in [6.45, 7) is 2.27. The van der Waals surface area contributed by atoms with Crippen LogP contribution in [0.4, 0.5) is 0 Å². The van der Waals surface area contributed by atoms with Gasteiger partial charge >= 0.3 is 0 Å². The number of carbonyl (C=O) groups excluding carboxylic acids is 1. The van der Waals surface area contributed by atoms with Crippen molar-refractivity contribution in [2.75, 3.05) is 0 Å².